The van der Waals surface area contributed by atoms with Crippen molar-refractivity contribution < 1.29 is 14.7 Å². The van der Waals surface area contributed by atoms with Crippen LogP contribution in [0.15, 0.2) is 24.3 Å². The molecule has 1 heterocycles. The maximum atomic E-state index is 12.5. The predicted molar refractivity (Wildman–Crippen MR) is 74.7 cm³/mol. The third kappa shape index (κ3) is 2.18. The number of fused-ring (bicyclic) bond motifs is 1. The molecule has 1 aromatic rings. The van der Waals surface area contributed by atoms with Gasteiger partial charge in [0.2, 0.25) is 0 Å². The molecule has 0 radical (unpaired) electrons. The van der Waals surface area contributed by atoms with Gasteiger partial charge in [-0.2, -0.15) is 0 Å². The van der Waals surface area contributed by atoms with Crippen LogP contribution in [0.4, 0.5) is 0 Å². The van der Waals surface area contributed by atoms with Crippen molar-refractivity contribution in [2.24, 2.45) is 11.8 Å². The Hall–Kier alpha value is -1.55. The molecule has 106 valence electrons. The summed E-state index contributed by atoms with van der Waals surface area (Å²) in [6, 6.07) is 5.93. The number of benzene rings is 1. The topological polar surface area (TPSA) is 57.6 Å². The maximum absolute atomic E-state index is 12.5. The number of nitrogens with zero attached hydrogens (tertiary/aromatic N) is 1. The van der Waals surface area contributed by atoms with E-state index < -0.39 is 12.0 Å². The minimum atomic E-state index is -0.887. The number of amides is 1. The summed E-state index contributed by atoms with van der Waals surface area (Å²) in [7, 11) is 0. The highest BCUT2D eigenvalue weighted by molar-refractivity contribution is 6.30. The lowest BCUT2D eigenvalue weighted by Gasteiger charge is -2.24. The van der Waals surface area contributed by atoms with Crippen LogP contribution in [-0.4, -0.2) is 34.5 Å². The average molecular weight is 294 g/mol. The number of aliphatic carboxylic acids is 1. The number of carbonyl (C=O) groups excluding carboxylic acids is 1. The van der Waals surface area contributed by atoms with Gasteiger partial charge in [-0.05, 0) is 48.9 Å². The van der Waals surface area contributed by atoms with Gasteiger partial charge in [-0.25, -0.2) is 4.79 Å². The SMILES string of the molecule is O=C(O)C1C2CCCC2CN1C(=O)c1ccc(Cl)cc1. The molecule has 1 aliphatic heterocycles. The molecule has 3 atom stereocenters. The van der Waals surface area contributed by atoms with Crippen molar-refractivity contribution >= 4 is 23.5 Å². The average Bonchev–Trinajstić information content (AvgIpc) is 2.97. The number of rotatable bonds is 2. The Morgan fingerprint density at radius 3 is 2.55 bits per heavy atom. The Labute approximate surface area is 122 Å². The molecule has 1 aliphatic carbocycles. The lowest BCUT2D eigenvalue weighted by atomic mass is 9.94. The number of hydrogen-bond acceptors (Lipinski definition) is 2. The van der Waals surface area contributed by atoms with E-state index >= 15 is 0 Å². The Kier molecular flexibility index (Phi) is 3.42. The lowest BCUT2D eigenvalue weighted by molar-refractivity contribution is -0.142. The van der Waals surface area contributed by atoms with Crippen molar-refractivity contribution in [1.29, 1.82) is 0 Å². The van der Waals surface area contributed by atoms with Crippen LogP contribution in [0.2, 0.25) is 5.02 Å². The Morgan fingerprint density at radius 2 is 1.90 bits per heavy atom. The van der Waals surface area contributed by atoms with Gasteiger partial charge >= 0.3 is 5.97 Å². The summed E-state index contributed by atoms with van der Waals surface area (Å²) in [6.07, 6.45) is 3.01. The molecule has 2 aliphatic rings. The fourth-order valence-corrected chi connectivity index (χ4v) is 3.72. The molecule has 4 nitrogen and oxygen atoms in total. The lowest BCUT2D eigenvalue weighted by Crippen LogP contribution is -2.43. The highest BCUT2D eigenvalue weighted by atomic mass is 35.5. The minimum absolute atomic E-state index is 0.115. The van der Waals surface area contributed by atoms with Gasteiger partial charge in [-0.15, -0.1) is 0 Å². The van der Waals surface area contributed by atoms with Crippen LogP contribution in [0.5, 0.6) is 0 Å². The highest BCUT2D eigenvalue weighted by Gasteiger charge is 2.49. The van der Waals surface area contributed by atoms with Crippen LogP contribution in [0.25, 0.3) is 0 Å². The predicted octanol–water partition coefficient (Wildman–Crippen LogP) is 2.67. The number of likely N-dealkylation sites (tertiary alicyclic amines) is 1. The zero-order chi connectivity index (χ0) is 14.3. The normalized spacial score (nSPS) is 28.4. The summed E-state index contributed by atoms with van der Waals surface area (Å²) in [5.74, 6) is -0.638. The zero-order valence-electron chi connectivity index (χ0n) is 11.0. The third-order valence-electron chi connectivity index (χ3n) is 4.50. The first-order chi connectivity index (χ1) is 9.58. The van der Waals surface area contributed by atoms with E-state index in [1.807, 2.05) is 0 Å². The molecule has 0 aromatic heterocycles. The van der Waals surface area contributed by atoms with Gasteiger partial charge in [0.1, 0.15) is 6.04 Å². The maximum Gasteiger partial charge on any atom is 0.326 e. The fraction of sp³-hybridized carbons (Fsp3) is 0.467. The first-order valence-corrected chi connectivity index (χ1v) is 7.25. The first-order valence-electron chi connectivity index (χ1n) is 6.87. The van der Waals surface area contributed by atoms with Gasteiger partial charge in [0.25, 0.3) is 5.91 Å². The van der Waals surface area contributed by atoms with E-state index in [2.05, 4.69) is 0 Å². The highest BCUT2D eigenvalue weighted by Crippen LogP contribution is 2.42. The summed E-state index contributed by atoms with van der Waals surface area (Å²) in [4.78, 5) is 25.6. The Bertz CT molecular complexity index is 543. The van der Waals surface area contributed by atoms with Crippen molar-refractivity contribution in [3.8, 4) is 0 Å². The van der Waals surface area contributed by atoms with E-state index in [0.29, 0.717) is 23.0 Å². The quantitative estimate of drug-likeness (QED) is 0.912. The van der Waals surface area contributed by atoms with Gasteiger partial charge in [-0.1, -0.05) is 18.0 Å². The molecular formula is C15H16ClNO3. The molecule has 5 heteroatoms. The van der Waals surface area contributed by atoms with E-state index in [9.17, 15) is 14.7 Å². The molecule has 1 amide bonds. The molecule has 20 heavy (non-hydrogen) atoms. The second-order valence-corrected chi connectivity index (χ2v) is 6.04. The Morgan fingerprint density at radius 1 is 1.20 bits per heavy atom. The van der Waals surface area contributed by atoms with Crippen LogP contribution in [-0.2, 0) is 4.79 Å². The number of carbonyl (C=O) groups is 2. The van der Waals surface area contributed by atoms with Gasteiger partial charge in [0, 0.05) is 17.1 Å². The van der Waals surface area contributed by atoms with Gasteiger partial charge in [0.05, 0.1) is 0 Å². The molecule has 0 spiro atoms. The molecule has 2 fully saturated rings. The fourth-order valence-electron chi connectivity index (χ4n) is 3.59. The minimum Gasteiger partial charge on any atom is -0.480 e. The van der Waals surface area contributed by atoms with Gasteiger partial charge in [0.15, 0.2) is 0 Å². The summed E-state index contributed by atoms with van der Waals surface area (Å²) in [6.45, 7) is 0.559. The third-order valence-corrected chi connectivity index (χ3v) is 4.75. The van der Waals surface area contributed by atoms with Crippen LogP contribution in [0.1, 0.15) is 29.6 Å². The van der Waals surface area contributed by atoms with Crippen LogP contribution < -0.4 is 0 Å². The van der Waals surface area contributed by atoms with E-state index in [0.717, 1.165) is 19.3 Å². The number of carboxylic acids is 1. The number of hydrogen-bond donors (Lipinski definition) is 1. The smallest absolute Gasteiger partial charge is 0.326 e. The molecule has 1 saturated heterocycles. The molecule has 1 N–H and O–H groups in total. The zero-order valence-corrected chi connectivity index (χ0v) is 11.7. The second-order valence-electron chi connectivity index (χ2n) is 5.60. The number of carboxylic acid groups (broad SMARTS) is 1. The molecule has 1 aromatic carbocycles. The van der Waals surface area contributed by atoms with E-state index in [4.69, 9.17) is 11.6 Å². The summed E-state index contributed by atoms with van der Waals surface area (Å²) in [5, 5.41) is 10.0. The molecule has 3 unspecified atom stereocenters. The summed E-state index contributed by atoms with van der Waals surface area (Å²) < 4.78 is 0. The monoisotopic (exact) mass is 293 g/mol. The molecule has 3 rings (SSSR count). The summed E-state index contributed by atoms with van der Waals surface area (Å²) in [5.41, 5.74) is 0.501. The van der Waals surface area contributed by atoms with Crippen molar-refractivity contribution in [2.45, 2.75) is 25.3 Å². The second kappa shape index (κ2) is 5.09. The largest absolute Gasteiger partial charge is 0.480 e. The Balaban J connectivity index is 1.87. The van der Waals surface area contributed by atoms with E-state index in [1.165, 1.54) is 4.90 Å². The van der Waals surface area contributed by atoms with Crippen molar-refractivity contribution in [3.05, 3.63) is 34.9 Å². The van der Waals surface area contributed by atoms with Crippen LogP contribution in [0, 0.1) is 11.8 Å². The van der Waals surface area contributed by atoms with E-state index in [1.54, 1.807) is 24.3 Å². The molecule has 0 bridgehead atoms. The van der Waals surface area contributed by atoms with Gasteiger partial charge < -0.3 is 10.0 Å². The van der Waals surface area contributed by atoms with Crippen molar-refractivity contribution in [1.82, 2.24) is 4.90 Å². The summed E-state index contributed by atoms with van der Waals surface area (Å²) >= 11 is 5.81. The van der Waals surface area contributed by atoms with E-state index in [-0.39, 0.29) is 11.8 Å². The standard InChI is InChI=1S/C15H16ClNO3/c16-11-6-4-9(5-7-11)14(18)17-8-10-2-1-3-12(10)13(17)15(19)20/h4-7,10,12-13H,1-3,8H2,(H,19,20). The van der Waals surface area contributed by atoms with Crippen LogP contribution >= 0.6 is 11.6 Å². The molecule has 1 saturated carbocycles. The number of halogens is 1. The van der Waals surface area contributed by atoms with Gasteiger partial charge in [-0.3, -0.25) is 4.79 Å². The van der Waals surface area contributed by atoms with Crippen molar-refractivity contribution in [3.63, 3.8) is 0 Å². The van der Waals surface area contributed by atoms with Crippen molar-refractivity contribution in [2.75, 3.05) is 6.54 Å². The first kappa shape index (κ1) is 13.4. The molecular weight excluding hydrogens is 278 g/mol. The van der Waals surface area contributed by atoms with Crippen LogP contribution in [0.3, 0.4) is 0 Å².